The van der Waals surface area contributed by atoms with Gasteiger partial charge in [0, 0.05) is 30.5 Å². The van der Waals surface area contributed by atoms with Crippen molar-refractivity contribution in [3.05, 3.63) is 0 Å². The molecule has 6 nitrogen and oxygen atoms in total. The van der Waals surface area contributed by atoms with Crippen molar-refractivity contribution in [3.63, 3.8) is 0 Å². The lowest BCUT2D eigenvalue weighted by Crippen LogP contribution is -2.67. The summed E-state index contributed by atoms with van der Waals surface area (Å²) in [6.07, 6.45) is 4.38. The lowest BCUT2D eigenvalue weighted by atomic mass is 9.70. The number of piperidine rings is 1. The van der Waals surface area contributed by atoms with Crippen LogP contribution >= 0.6 is 0 Å². The van der Waals surface area contributed by atoms with Crippen molar-refractivity contribution in [2.24, 2.45) is 0 Å². The number of carbonyl (C=O) groups excluding carboxylic acids is 2. The standard InChI is InChI=1S/C20H34N2O4/c1-7-22-17(2,3)13-19(14-18(22,4)5)16(24)21(12-9-15(23)25-6)20(26-19)10-8-11-20/h7-14H2,1-6H3. The highest BCUT2D eigenvalue weighted by Gasteiger charge is 2.67. The third kappa shape index (κ3) is 2.85. The van der Waals surface area contributed by atoms with E-state index in [1.807, 2.05) is 4.90 Å². The van der Waals surface area contributed by atoms with Crippen LogP contribution in [0.3, 0.4) is 0 Å². The summed E-state index contributed by atoms with van der Waals surface area (Å²) >= 11 is 0. The van der Waals surface area contributed by atoms with Gasteiger partial charge in [-0.15, -0.1) is 0 Å². The molecule has 0 atom stereocenters. The maximum atomic E-state index is 13.6. The zero-order valence-electron chi connectivity index (χ0n) is 17.2. The van der Waals surface area contributed by atoms with Crippen molar-refractivity contribution in [1.29, 1.82) is 0 Å². The summed E-state index contributed by atoms with van der Waals surface area (Å²) in [7, 11) is 1.39. The molecule has 0 unspecified atom stereocenters. The fraction of sp³-hybridized carbons (Fsp3) is 0.900. The zero-order chi connectivity index (χ0) is 19.4. The van der Waals surface area contributed by atoms with Crippen LogP contribution in [0.4, 0.5) is 0 Å². The number of hydrogen-bond donors (Lipinski definition) is 0. The van der Waals surface area contributed by atoms with Crippen LogP contribution in [-0.2, 0) is 19.1 Å². The predicted octanol–water partition coefficient (Wildman–Crippen LogP) is 2.70. The minimum absolute atomic E-state index is 0.0676. The summed E-state index contributed by atoms with van der Waals surface area (Å²) < 4.78 is 11.4. The third-order valence-corrected chi connectivity index (χ3v) is 6.63. The molecule has 3 fully saturated rings. The van der Waals surface area contributed by atoms with Gasteiger partial charge in [-0.05, 0) is 53.5 Å². The molecule has 6 heteroatoms. The molecular formula is C20H34N2O4. The molecule has 26 heavy (non-hydrogen) atoms. The molecule has 2 saturated heterocycles. The predicted molar refractivity (Wildman–Crippen MR) is 98.5 cm³/mol. The molecular weight excluding hydrogens is 332 g/mol. The summed E-state index contributed by atoms with van der Waals surface area (Å²) in [6.45, 7) is 12.3. The molecule has 1 aliphatic carbocycles. The van der Waals surface area contributed by atoms with E-state index in [0.29, 0.717) is 19.4 Å². The van der Waals surface area contributed by atoms with Crippen molar-refractivity contribution >= 4 is 11.9 Å². The molecule has 2 spiro atoms. The first-order chi connectivity index (χ1) is 12.0. The van der Waals surface area contributed by atoms with Gasteiger partial charge in [-0.2, -0.15) is 0 Å². The van der Waals surface area contributed by atoms with Crippen molar-refractivity contribution in [2.45, 2.75) is 95.5 Å². The second-order valence-electron chi connectivity index (χ2n) is 9.40. The van der Waals surface area contributed by atoms with Gasteiger partial charge >= 0.3 is 5.97 Å². The number of carbonyl (C=O) groups is 2. The normalized spacial score (nSPS) is 28.4. The number of likely N-dealkylation sites (tertiary alicyclic amines) is 1. The van der Waals surface area contributed by atoms with Crippen LogP contribution in [0, 0.1) is 0 Å². The highest BCUT2D eigenvalue weighted by molar-refractivity contribution is 5.89. The fourth-order valence-corrected chi connectivity index (χ4v) is 5.90. The fourth-order valence-electron chi connectivity index (χ4n) is 5.90. The van der Waals surface area contributed by atoms with Crippen LogP contribution in [0.15, 0.2) is 0 Å². The second kappa shape index (κ2) is 6.20. The van der Waals surface area contributed by atoms with Crippen LogP contribution in [0.2, 0.25) is 0 Å². The van der Waals surface area contributed by atoms with E-state index in [2.05, 4.69) is 39.5 Å². The lowest BCUT2D eigenvalue weighted by molar-refractivity contribution is -0.219. The molecule has 1 saturated carbocycles. The van der Waals surface area contributed by atoms with Gasteiger partial charge in [0.1, 0.15) is 5.72 Å². The van der Waals surface area contributed by atoms with Gasteiger partial charge in [-0.25, -0.2) is 0 Å². The smallest absolute Gasteiger partial charge is 0.307 e. The Morgan fingerprint density at radius 2 is 1.73 bits per heavy atom. The molecule has 0 aromatic heterocycles. The van der Waals surface area contributed by atoms with E-state index < -0.39 is 11.3 Å². The van der Waals surface area contributed by atoms with Crippen LogP contribution in [0.1, 0.15) is 73.1 Å². The Morgan fingerprint density at radius 3 is 2.15 bits per heavy atom. The van der Waals surface area contributed by atoms with E-state index in [9.17, 15) is 9.59 Å². The van der Waals surface area contributed by atoms with E-state index >= 15 is 0 Å². The first kappa shape index (κ1) is 19.6. The second-order valence-corrected chi connectivity index (χ2v) is 9.40. The minimum atomic E-state index is -0.783. The number of esters is 1. The number of hydrogen-bond acceptors (Lipinski definition) is 5. The van der Waals surface area contributed by atoms with Crippen LogP contribution in [-0.4, -0.2) is 64.3 Å². The summed E-state index contributed by atoms with van der Waals surface area (Å²) in [5.41, 5.74) is -1.55. The monoisotopic (exact) mass is 366 g/mol. The largest absolute Gasteiger partial charge is 0.469 e. The average molecular weight is 367 g/mol. The van der Waals surface area contributed by atoms with E-state index in [4.69, 9.17) is 9.47 Å². The molecule has 3 rings (SSSR count). The molecule has 0 aromatic rings. The SMILES string of the molecule is CCN1C(C)(C)CC2(CC1(C)C)OC1(CCC1)N(CCC(=O)OC)C2=O. The molecule has 2 aliphatic heterocycles. The minimum Gasteiger partial charge on any atom is -0.469 e. The Hall–Kier alpha value is -1.14. The summed E-state index contributed by atoms with van der Waals surface area (Å²) in [6, 6.07) is 0. The van der Waals surface area contributed by atoms with Crippen molar-refractivity contribution in [2.75, 3.05) is 20.2 Å². The Bertz CT molecular complexity index is 577. The maximum absolute atomic E-state index is 13.6. The van der Waals surface area contributed by atoms with Crippen LogP contribution in [0.5, 0.6) is 0 Å². The lowest BCUT2D eigenvalue weighted by Gasteiger charge is -2.57. The van der Waals surface area contributed by atoms with Crippen molar-refractivity contribution in [3.8, 4) is 0 Å². The van der Waals surface area contributed by atoms with Crippen molar-refractivity contribution < 1.29 is 19.1 Å². The quantitative estimate of drug-likeness (QED) is 0.716. The van der Waals surface area contributed by atoms with E-state index in [1.165, 1.54) is 7.11 Å². The Morgan fingerprint density at radius 1 is 1.15 bits per heavy atom. The molecule has 148 valence electrons. The number of nitrogens with zero attached hydrogens (tertiary/aromatic N) is 2. The molecule has 0 N–H and O–H groups in total. The van der Waals surface area contributed by atoms with Gasteiger partial charge in [-0.1, -0.05) is 6.92 Å². The van der Waals surface area contributed by atoms with Crippen LogP contribution in [0.25, 0.3) is 0 Å². The average Bonchev–Trinajstić information content (AvgIpc) is 2.72. The number of amides is 1. The highest BCUT2D eigenvalue weighted by atomic mass is 16.6. The van der Waals surface area contributed by atoms with Gasteiger partial charge in [0.2, 0.25) is 0 Å². The Kier molecular flexibility index (Phi) is 4.67. The first-order valence-corrected chi connectivity index (χ1v) is 9.89. The summed E-state index contributed by atoms with van der Waals surface area (Å²) in [5.74, 6) is -0.215. The maximum Gasteiger partial charge on any atom is 0.307 e. The van der Waals surface area contributed by atoms with Gasteiger partial charge in [-0.3, -0.25) is 14.5 Å². The Balaban J connectivity index is 1.91. The van der Waals surface area contributed by atoms with E-state index in [0.717, 1.165) is 25.8 Å². The van der Waals surface area contributed by atoms with Crippen LogP contribution < -0.4 is 0 Å². The van der Waals surface area contributed by atoms with Gasteiger partial charge in [0.15, 0.2) is 5.60 Å². The van der Waals surface area contributed by atoms with Gasteiger partial charge < -0.3 is 14.4 Å². The van der Waals surface area contributed by atoms with Gasteiger partial charge in [0.25, 0.3) is 5.91 Å². The molecule has 0 bridgehead atoms. The van der Waals surface area contributed by atoms with Crippen molar-refractivity contribution in [1.82, 2.24) is 9.80 Å². The molecule has 0 aromatic carbocycles. The third-order valence-electron chi connectivity index (χ3n) is 6.63. The van der Waals surface area contributed by atoms with E-state index in [-0.39, 0.29) is 29.4 Å². The molecule has 0 radical (unpaired) electrons. The Labute approximate surface area is 157 Å². The van der Waals surface area contributed by atoms with E-state index in [1.54, 1.807) is 0 Å². The molecule has 1 amide bonds. The summed E-state index contributed by atoms with van der Waals surface area (Å²) in [5, 5.41) is 0. The zero-order valence-corrected chi connectivity index (χ0v) is 17.2. The topological polar surface area (TPSA) is 59.1 Å². The number of methoxy groups -OCH3 is 1. The van der Waals surface area contributed by atoms with Gasteiger partial charge in [0.05, 0.1) is 13.5 Å². The number of rotatable bonds is 4. The molecule has 2 heterocycles. The highest BCUT2D eigenvalue weighted by Crippen LogP contribution is 2.55. The summed E-state index contributed by atoms with van der Waals surface area (Å²) in [4.78, 5) is 29.6. The first-order valence-electron chi connectivity index (χ1n) is 9.89. The number of ether oxygens (including phenoxy) is 2. The molecule has 3 aliphatic rings.